The molecule has 90 valence electrons. The van der Waals surface area contributed by atoms with Crippen molar-refractivity contribution in [2.75, 3.05) is 26.9 Å². The van der Waals surface area contributed by atoms with Crippen LogP contribution < -0.4 is 11.1 Å². The maximum atomic E-state index is 11.5. The maximum absolute atomic E-state index is 11.5. The number of nitrogens with one attached hydrogen (secondary N) is 1. The zero-order valence-electron chi connectivity index (χ0n) is 9.79. The van der Waals surface area contributed by atoms with Gasteiger partial charge >= 0.3 is 0 Å². The second-order valence-electron chi connectivity index (χ2n) is 3.46. The van der Waals surface area contributed by atoms with Gasteiger partial charge in [-0.05, 0) is 20.3 Å². The number of ether oxygens (including phenoxy) is 2. The van der Waals surface area contributed by atoms with Gasteiger partial charge in [0.1, 0.15) is 0 Å². The predicted octanol–water partition coefficient (Wildman–Crippen LogP) is -0.109. The minimum Gasteiger partial charge on any atom is -0.385 e. The van der Waals surface area contributed by atoms with Crippen molar-refractivity contribution in [1.82, 2.24) is 5.32 Å². The highest BCUT2D eigenvalue weighted by Crippen LogP contribution is 1.91. The number of carbonyl (C=O) groups is 1. The predicted molar refractivity (Wildman–Crippen MR) is 58.6 cm³/mol. The van der Waals surface area contributed by atoms with E-state index in [2.05, 4.69) is 5.32 Å². The molecule has 0 saturated heterocycles. The van der Waals surface area contributed by atoms with Crippen LogP contribution in [0.25, 0.3) is 0 Å². The van der Waals surface area contributed by atoms with Crippen molar-refractivity contribution in [3.05, 3.63) is 0 Å². The van der Waals surface area contributed by atoms with E-state index < -0.39 is 6.04 Å². The molecule has 5 nitrogen and oxygen atoms in total. The van der Waals surface area contributed by atoms with Gasteiger partial charge < -0.3 is 20.5 Å². The molecule has 0 aromatic heterocycles. The molecule has 0 saturated carbocycles. The molecule has 15 heavy (non-hydrogen) atoms. The molecule has 0 rings (SSSR count). The summed E-state index contributed by atoms with van der Waals surface area (Å²) in [5, 5.41) is 2.78. The molecule has 5 heteroatoms. The van der Waals surface area contributed by atoms with Crippen molar-refractivity contribution >= 4 is 5.91 Å². The van der Waals surface area contributed by atoms with E-state index in [-0.39, 0.29) is 11.9 Å². The lowest BCUT2D eigenvalue weighted by Crippen LogP contribution is -2.46. The molecule has 0 aromatic carbocycles. The van der Waals surface area contributed by atoms with E-state index in [0.717, 1.165) is 0 Å². The fourth-order valence-corrected chi connectivity index (χ4v) is 1.06. The molecule has 0 fully saturated rings. The molecule has 0 radical (unpaired) electrons. The zero-order chi connectivity index (χ0) is 11.7. The average molecular weight is 218 g/mol. The number of rotatable bonds is 8. The van der Waals surface area contributed by atoms with Crippen molar-refractivity contribution in [3.8, 4) is 0 Å². The molecule has 3 N–H and O–H groups in total. The number of methoxy groups -OCH3 is 1. The molecule has 0 aliphatic rings. The van der Waals surface area contributed by atoms with Crippen LogP contribution in [0, 0.1) is 0 Å². The molecular weight excluding hydrogens is 196 g/mol. The van der Waals surface area contributed by atoms with Gasteiger partial charge in [-0.2, -0.15) is 0 Å². The van der Waals surface area contributed by atoms with Crippen LogP contribution in [0.15, 0.2) is 0 Å². The molecule has 0 aromatic rings. The first-order chi connectivity index (χ1) is 7.11. The normalized spacial score (nSPS) is 14.7. The number of hydrogen-bond acceptors (Lipinski definition) is 4. The Kier molecular flexibility index (Phi) is 8.27. The Morgan fingerprint density at radius 1 is 1.53 bits per heavy atom. The average Bonchev–Trinajstić information content (AvgIpc) is 2.22. The summed E-state index contributed by atoms with van der Waals surface area (Å²) in [4.78, 5) is 11.5. The largest absolute Gasteiger partial charge is 0.385 e. The second-order valence-corrected chi connectivity index (χ2v) is 3.46. The number of hydrogen-bond donors (Lipinski definition) is 2. The topological polar surface area (TPSA) is 73.6 Å². The zero-order valence-corrected chi connectivity index (χ0v) is 9.79. The van der Waals surface area contributed by atoms with E-state index in [1.54, 1.807) is 7.11 Å². The Labute approximate surface area is 91.3 Å². The summed E-state index contributed by atoms with van der Waals surface area (Å²) in [5.41, 5.74) is 5.65. The van der Waals surface area contributed by atoms with Crippen LogP contribution in [0.3, 0.4) is 0 Å². The van der Waals surface area contributed by atoms with Gasteiger partial charge in [0.15, 0.2) is 0 Å². The highest BCUT2D eigenvalue weighted by Gasteiger charge is 2.15. The Morgan fingerprint density at radius 3 is 2.73 bits per heavy atom. The first kappa shape index (κ1) is 14.3. The van der Waals surface area contributed by atoms with Gasteiger partial charge in [-0.25, -0.2) is 0 Å². The highest BCUT2D eigenvalue weighted by atomic mass is 16.5. The minimum absolute atomic E-state index is 0.00829. The number of nitrogens with two attached hydrogens (primary N) is 1. The summed E-state index contributed by atoms with van der Waals surface area (Å²) in [6, 6.07) is -0.514. The van der Waals surface area contributed by atoms with Crippen LogP contribution in [0.4, 0.5) is 0 Å². The molecule has 2 atom stereocenters. The van der Waals surface area contributed by atoms with Crippen LogP contribution in [-0.4, -0.2) is 44.9 Å². The van der Waals surface area contributed by atoms with Crippen molar-refractivity contribution in [3.63, 3.8) is 0 Å². The lowest BCUT2D eigenvalue weighted by atomic mass is 10.2. The quantitative estimate of drug-likeness (QED) is 0.596. The Hall–Kier alpha value is -0.650. The standard InChI is InChI=1S/C10H22N2O3/c1-4-15-7-8(2)12-10(13)9(11)5-6-14-3/h8-9H,4-7,11H2,1-3H3,(H,12,13). The van der Waals surface area contributed by atoms with Crippen molar-refractivity contribution < 1.29 is 14.3 Å². The molecule has 1 amide bonds. The molecule has 0 aliphatic heterocycles. The molecule has 0 aliphatic carbocycles. The van der Waals surface area contributed by atoms with Crippen molar-refractivity contribution in [2.45, 2.75) is 32.4 Å². The van der Waals surface area contributed by atoms with E-state index in [9.17, 15) is 4.79 Å². The van der Waals surface area contributed by atoms with Gasteiger partial charge in [0.2, 0.25) is 5.91 Å². The minimum atomic E-state index is -0.506. The second kappa shape index (κ2) is 8.64. The van der Waals surface area contributed by atoms with E-state index in [0.29, 0.717) is 26.2 Å². The van der Waals surface area contributed by atoms with E-state index >= 15 is 0 Å². The Bertz CT molecular complexity index is 176. The van der Waals surface area contributed by atoms with Crippen molar-refractivity contribution in [2.24, 2.45) is 5.73 Å². The first-order valence-corrected chi connectivity index (χ1v) is 5.24. The van der Waals surface area contributed by atoms with Gasteiger partial charge in [0, 0.05) is 26.4 Å². The van der Waals surface area contributed by atoms with Gasteiger partial charge in [-0.1, -0.05) is 0 Å². The van der Waals surface area contributed by atoms with Crippen LogP contribution in [0.1, 0.15) is 20.3 Å². The Morgan fingerprint density at radius 2 is 2.20 bits per heavy atom. The lowest BCUT2D eigenvalue weighted by Gasteiger charge is -2.17. The summed E-state index contributed by atoms with van der Waals surface area (Å²) in [7, 11) is 1.59. The van der Waals surface area contributed by atoms with Gasteiger partial charge in [-0.15, -0.1) is 0 Å². The monoisotopic (exact) mass is 218 g/mol. The summed E-state index contributed by atoms with van der Waals surface area (Å²) in [6.07, 6.45) is 0.531. The van der Waals surface area contributed by atoms with E-state index in [4.69, 9.17) is 15.2 Å². The summed E-state index contributed by atoms with van der Waals surface area (Å²) in [6.45, 7) is 5.46. The SMILES string of the molecule is CCOCC(C)NC(=O)C(N)CCOC. The van der Waals surface area contributed by atoms with Gasteiger partial charge in [0.25, 0.3) is 0 Å². The van der Waals surface area contributed by atoms with Crippen LogP contribution in [0.5, 0.6) is 0 Å². The maximum Gasteiger partial charge on any atom is 0.237 e. The van der Waals surface area contributed by atoms with Crippen LogP contribution in [0.2, 0.25) is 0 Å². The molecule has 0 bridgehead atoms. The summed E-state index contributed by atoms with van der Waals surface area (Å²) in [5.74, 6) is -0.153. The first-order valence-electron chi connectivity index (χ1n) is 5.24. The van der Waals surface area contributed by atoms with Gasteiger partial charge in [-0.3, -0.25) is 4.79 Å². The van der Waals surface area contributed by atoms with Crippen molar-refractivity contribution in [1.29, 1.82) is 0 Å². The summed E-state index contributed by atoms with van der Waals surface area (Å²) >= 11 is 0. The van der Waals surface area contributed by atoms with Gasteiger partial charge in [0.05, 0.1) is 12.6 Å². The molecule has 0 spiro atoms. The molecule has 2 unspecified atom stereocenters. The van der Waals surface area contributed by atoms with Crippen LogP contribution >= 0.6 is 0 Å². The lowest BCUT2D eigenvalue weighted by molar-refractivity contribution is -0.123. The number of amides is 1. The smallest absolute Gasteiger partial charge is 0.237 e. The fourth-order valence-electron chi connectivity index (χ4n) is 1.06. The van der Waals surface area contributed by atoms with Crippen LogP contribution in [-0.2, 0) is 14.3 Å². The van der Waals surface area contributed by atoms with E-state index in [1.165, 1.54) is 0 Å². The summed E-state index contributed by atoms with van der Waals surface area (Å²) < 4.78 is 10.0. The van der Waals surface area contributed by atoms with E-state index in [1.807, 2.05) is 13.8 Å². The Balaban J connectivity index is 3.70. The highest BCUT2D eigenvalue weighted by molar-refractivity contribution is 5.81. The fraction of sp³-hybridized carbons (Fsp3) is 0.900. The number of carbonyl (C=O) groups excluding carboxylic acids is 1. The third-order valence-corrected chi connectivity index (χ3v) is 1.93. The molecule has 0 heterocycles. The third kappa shape index (κ3) is 7.30. The molecular formula is C10H22N2O3. The third-order valence-electron chi connectivity index (χ3n) is 1.93.